The molecule has 4 nitrogen and oxygen atoms in total. The fraction of sp³-hybridized carbons (Fsp3) is 0.538. The molecule has 0 radical (unpaired) electrons. The fourth-order valence-electron chi connectivity index (χ4n) is 2.31. The number of rotatable bonds is 3. The molecule has 4 heteroatoms. The number of nitrogens with zero attached hydrogens (tertiary/aromatic N) is 1. The van der Waals surface area contributed by atoms with Crippen molar-refractivity contribution in [2.45, 2.75) is 25.8 Å². The third-order valence-corrected chi connectivity index (χ3v) is 3.30. The van der Waals surface area contributed by atoms with E-state index in [1.165, 1.54) is 24.8 Å². The van der Waals surface area contributed by atoms with Crippen molar-refractivity contribution in [1.82, 2.24) is 10.4 Å². The van der Waals surface area contributed by atoms with Gasteiger partial charge in [-0.3, -0.25) is 5.43 Å². The first-order valence-electron chi connectivity index (χ1n) is 6.29. The van der Waals surface area contributed by atoms with E-state index in [0.29, 0.717) is 6.79 Å². The van der Waals surface area contributed by atoms with E-state index in [-0.39, 0.29) is 0 Å². The topological polar surface area (TPSA) is 33.7 Å². The highest BCUT2D eigenvalue weighted by atomic mass is 16.7. The van der Waals surface area contributed by atoms with Gasteiger partial charge in [-0.05, 0) is 30.5 Å². The van der Waals surface area contributed by atoms with Crippen molar-refractivity contribution >= 4 is 0 Å². The Morgan fingerprint density at radius 3 is 2.76 bits per heavy atom. The summed E-state index contributed by atoms with van der Waals surface area (Å²) >= 11 is 0. The van der Waals surface area contributed by atoms with E-state index < -0.39 is 0 Å². The van der Waals surface area contributed by atoms with Crippen LogP contribution in [0.5, 0.6) is 11.5 Å². The monoisotopic (exact) mass is 234 g/mol. The Hall–Kier alpha value is -1.26. The molecule has 1 aromatic carbocycles. The van der Waals surface area contributed by atoms with Crippen LogP contribution >= 0.6 is 0 Å². The predicted molar refractivity (Wildman–Crippen MR) is 64.8 cm³/mol. The molecule has 1 N–H and O–H groups in total. The molecule has 0 saturated carbocycles. The SMILES string of the molecule is c1cc2c(cc1CNN1CCCCC1)OCO2. The van der Waals surface area contributed by atoms with E-state index in [1.807, 2.05) is 6.07 Å². The van der Waals surface area contributed by atoms with Crippen LogP contribution in [0.15, 0.2) is 18.2 Å². The molecule has 0 bridgehead atoms. The maximum atomic E-state index is 5.37. The summed E-state index contributed by atoms with van der Waals surface area (Å²) in [6.45, 7) is 3.52. The average Bonchev–Trinajstić information content (AvgIpc) is 2.85. The fourth-order valence-corrected chi connectivity index (χ4v) is 2.31. The summed E-state index contributed by atoms with van der Waals surface area (Å²) in [5.74, 6) is 1.72. The summed E-state index contributed by atoms with van der Waals surface area (Å²) in [6.07, 6.45) is 3.96. The molecule has 0 atom stereocenters. The van der Waals surface area contributed by atoms with Gasteiger partial charge in [0, 0.05) is 19.6 Å². The maximum Gasteiger partial charge on any atom is 0.231 e. The molecular formula is C13H18N2O2. The highest BCUT2D eigenvalue weighted by Gasteiger charge is 2.14. The van der Waals surface area contributed by atoms with Crippen LogP contribution in [-0.4, -0.2) is 24.9 Å². The highest BCUT2D eigenvalue weighted by molar-refractivity contribution is 5.44. The molecule has 2 aliphatic heterocycles. The van der Waals surface area contributed by atoms with Crippen molar-refractivity contribution in [3.8, 4) is 11.5 Å². The summed E-state index contributed by atoms with van der Waals surface area (Å²) in [6, 6.07) is 6.12. The summed E-state index contributed by atoms with van der Waals surface area (Å²) in [7, 11) is 0. The lowest BCUT2D eigenvalue weighted by Gasteiger charge is -2.27. The van der Waals surface area contributed by atoms with Crippen molar-refractivity contribution in [3.05, 3.63) is 23.8 Å². The molecule has 1 fully saturated rings. The van der Waals surface area contributed by atoms with E-state index >= 15 is 0 Å². The molecule has 0 aliphatic carbocycles. The molecule has 0 spiro atoms. The van der Waals surface area contributed by atoms with Crippen LogP contribution in [0.4, 0.5) is 0 Å². The Labute approximate surface area is 101 Å². The number of piperidine rings is 1. The van der Waals surface area contributed by atoms with E-state index in [0.717, 1.165) is 31.1 Å². The van der Waals surface area contributed by atoms with E-state index in [4.69, 9.17) is 9.47 Å². The van der Waals surface area contributed by atoms with Crippen molar-refractivity contribution in [3.63, 3.8) is 0 Å². The van der Waals surface area contributed by atoms with E-state index in [2.05, 4.69) is 22.6 Å². The van der Waals surface area contributed by atoms with Gasteiger partial charge in [-0.15, -0.1) is 0 Å². The quantitative estimate of drug-likeness (QED) is 0.866. The Balaban J connectivity index is 1.57. The Bertz CT molecular complexity index is 389. The molecule has 17 heavy (non-hydrogen) atoms. The smallest absolute Gasteiger partial charge is 0.231 e. The van der Waals surface area contributed by atoms with Gasteiger partial charge < -0.3 is 9.47 Å². The Kier molecular flexibility index (Phi) is 3.16. The number of benzene rings is 1. The van der Waals surface area contributed by atoms with Crippen LogP contribution in [0.2, 0.25) is 0 Å². The zero-order chi connectivity index (χ0) is 11.5. The molecule has 0 unspecified atom stereocenters. The van der Waals surface area contributed by atoms with Gasteiger partial charge in [-0.2, -0.15) is 0 Å². The third kappa shape index (κ3) is 2.53. The normalized spacial score (nSPS) is 19.5. The third-order valence-electron chi connectivity index (χ3n) is 3.30. The Morgan fingerprint density at radius 2 is 1.88 bits per heavy atom. The summed E-state index contributed by atoms with van der Waals surface area (Å²) < 4.78 is 10.7. The van der Waals surface area contributed by atoms with Gasteiger partial charge in [-0.25, -0.2) is 5.01 Å². The minimum Gasteiger partial charge on any atom is -0.454 e. The van der Waals surface area contributed by atoms with Crippen LogP contribution in [0.1, 0.15) is 24.8 Å². The van der Waals surface area contributed by atoms with Gasteiger partial charge in [-0.1, -0.05) is 12.5 Å². The number of hydrogen-bond acceptors (Lipinski definition) is 4. The second-order valence-electron chi connectivity index (χ2n) is 4.57. The molecule has 3 rings (SSSR count). The number of hydrazine groups is 1. The van der Waals surface area contributed by atoms with Gasteiger partial charge >= 0.3 is 0 Å². The van der Waals surface area contributed by atoms with Crippen LogP contribution < -0.4 is 14.9 Å². The summed E-state index contributed by atoms with van der Waals surface area (Å²) in [4.78, 5) is 0. The lowest BCUT2D eigenvalue weighted by molar-refractivity contribution is 0.151. The first-order valence-corrected chi connectivity index (χ1v) is 6.29. The second-order valence-corrected chi connectivity index (χ2v) is 4.57. The van der Waals surface area contributed by atoms with Crippen LogP contribution in [0, 0.1) is 0 Å². The minimum atomic E-state index is 0.346. The zero-order valence-electron chi connectivity index (χ0n) is 9.95. The number of fused-ring (bicyclic) bond motifs is 1. The molecule has 0 amide bonds. The maximum absolute atomic E-state index is 5.37. The van der Waals surface area contributed by atoms with Crippen LogP contribution in [0.3, 0.4) is 0 Å². The second kappa shape index (κ2) is 4.94. The molecule has 2 heterocycles. The molecule has 1 aromatic rings. The molecule has 0 aromatic heterocycles. The summed E-state index contributed by atoms with van der Waals surface area (Å²) in [5, 5.41) is 2.31. The highest BCUT2D eigenvalue weighted by Crippen LogP contribution is 2.32. The molecule has 2 aliphatic rings. The number of nitrogens with one attached hydrogen (secondary N) is 1. The average molecular weight is 234 g/mol. The predicted octanol–water partition coefficient (Wildman–Crippen LogP) is 1.91. The lowest BCUT2D eigenvalue weighted by atomic mass is 10.1. The van der Waals surface area contributed by atoms with Crippen molar-refractivity contribution < 1.29 is 9.47 Å². The summed E-state index contributed by atoms with van der Waals surface area (Å²) in [5.41, 5.74) is 4.70. The first kappa shape index (κ1) is 10.9. The van der Waals surface area contributed by atoms with Crippen molar-refractivity contribution in [1.29, 1.82) is 0 Å². The standard InChI is InChI=1S/C13H18N2O2/c1-2-6-15(7-3-1)14-9-11-4-5-12-13(8-11)17-10-16-12/h4-5,8,14H,1-3,6-7,9-10H2. The van der Waals surface area contributed by atoms with Gasteiger partial charge in [0.2, 0.25) is 6.79 Å². The van der Waals surface area contributed by atoms with Gasteiger partial charge in [0.15, 0.2) is 11.5 Å². The number of hydrogen-bond donors (Lipinski definition) is 1. The zero-order valence-corrected chi connectivity index (χ0v) is 9.95. The van der Waals surface area contributed by atoms with Crippen molar-refractivity contribution in [2.24, 2.45) is 0 Å². The molecule has 92 valence electrons. The van der Waals surface area contributed by atoms with Gasteiger partial charge in [0.05, 0.1) is 0 Å². The first-order chi connectivity index (χ1) is 8.42. The number of ether oxygens (including phenoxy) is 2. The molecule has 1 saturated heterocycles. The van der Waals surface area contributed by atoms with Gasteiger partial charge in [0.1, 0.15) is 0 Å². The molecular weight excluding hydrogens is 216 g/mol. The van der Waals surface area contributed by atoms with Crippen LogP contribution in [0.25, 0.3) is 0 Å². The van der Waals surface area contributed by atoms with E-state index in [1.54, 1.807) is 0 Å². The largest absolute Gasteiger partial charge is 0.454 e. The Morgan fingerprint density at radius 1 is 1.06 bits per heavy atom. The van der Waals surface area contributed by atoms with Gasteiger partial charge in [0.25, 0.3) is 0 Å². The lowest BCUT2D eigenvalue weighted by Crippen LogP contribution is -2.41. The minimum absolute atomic E-state index is 0.346. The van der Waals surface area contributed by atoms with Crippen LogP contribution in [-0.2, 0) is 6.54 Å². The van der Waals surface area contributed by atoms with Crippen molar-refractivity contribution in [2.75, 3.05) is 19.9 Å². The van der Waals surface area contributed by atoms with E-state index in [9.17, 15) is 0 Å².